The molecule has 6 rings (SSSR count). The van der Waals surface area contributed by atoms with Crippen molar-refractivity contribution in [2.24, 2.45) is 16.7 Å². The van der Waals surface area contributed by atoms with E-state index in [0.29, 0.717) is 17.4 Å². The summed E-state index contributed by atoms with van der Waals surface area (Å²) in [6.45, 7) is 8.27. The Morgan fingerprint density at radius 3 is 2.05 bits per heavy atom. The highest BCUT2D eigenvalue weighted by Crippen LogP contribution is 2.61. The maximum absolute atomic E-state index is 14.5. The first-order valence-electron chi connectivity index (χ1n) is 21.3. The van der Waals surface area contributed by atoms with Crippen molar-refractivity contribution in [3.8, 4) is 0 Å². The second-order valence-electron chi connectivity index (χ2n) is 17.6. The van der Waals surface area contributed by atoms with Gasteiger partial charge in [0.2, 0.25) is 0 Å². The van der Waals surface area contributed by atoms with Crippen molar-refractivity contribution in [3.63, 3.8) is 0 Å². The summed E-state index contributed by atoms with van der Waals surface area (Å²) in [7, 11) is 0. The van der Waals surface area contributed by atoms with Crippen molar-refractivity contribution in [1.82, 2.24) is 5.32 Å². The van der Waals surface area contributed by atoms with Crippen molar-refractivity contribution < 1.29 is 67.4 Å². The van der Waals surface area contributed by atoms with Crippen LogP contribution >= 0.6 is 11.8 Å². The lowest BCUT2D eigenvalue weighted by molar-refractivity contribution is -0.343. The number of aldehydes is 1. The molecule has 0 bridgehead atoms. The van der Waals surface area contributed by atoms with E-state index < -0.39 is 107 Å². The minimum atomic E-state index is -2.37. The van der Waals surface area contributed by atoms with Crippen molar-refractivity contribution in [1.29, 1.82) is 0 Å². The predicted octanol–water partition coefficient (Wildman–Crippen LogP) is 5.33. The number of benzene rings is 3. The number of hydrogen-bond acceptors (Lipinski definition) is 15. The van der Waals surface area contributed by atoms with Crippen LogP contribution in [0, 0.1) is 16.7 Å². The van der Waals surface area contributed by atoms with Gasteiger partial charge in [0.25, 0.3) is 5.91 Å². The zero-order chi connectivity index (χ0) is 47.3. The highest BCUT2D eigenvalue weighted by molar-refractivity contribution is 7.98. The summed E-state index contributed by atoms with van der Waals surface area (Å²) in [5.41, 5.74) is -5.83. The van der Waals surface area contributed by atoms with Crippen LogP contribution in [0.2, 0.25) is 0 Å². The van der Waals surface area contributed by atoms with E-state index in [-0.39, 0.29) is 35.7 Å². The molecule has 1 amide bonds. The standard InChI is InChI=1S/C49H57NO14S/c1-29-35(25-59-30(2)52)46(4,5)49(58,24-36(29)62-45(57)40(54)39(32-17-11-8-12-18-32)50-43(55)33-19-13-9-14-20-33)42(63-44(56)34-21-15-10-16-22-34)41-47(6,26-51)37(61-28-65-7)23-38-48(41,27-60-38)64-31(3)53/h8-22,26,36-42,54,58H,23-25,27-28H2,1-7H3,(H,50,55)/t36-,37-,38+,39-,40+,41-,42-,47+,48-,49+/m0/s1. The first-order chi connectivity index (χ1) is 30.8. The van der Waals surface area contributed by atoms with Gasteiger partial charge in [0.1, 0.15) is 36.8 Å². The summed E-state index contributed by atoms with van der Waals surface area (Å²) in [4.78, 5) is 81.7. The van der Waals surface area contributed by atoms with Gasteiger partial charge in [0.05, 0.1) is 41.6 Å². The summed E-state index contributed by atoms with van der Waals surface area (Å²) < 4.78 is 36.8. The van der Waals surface area contributed by atoms with Crippen LogP contribution in [0.4, 0.5) is 0 Å². The van der Waals surface area contributed by atoms with Crippen LogP contribution in [0.3, 0.4) is 0 Å². The molecular weight excluding hydrogens is 859 g/mol. The Morgan fingerprint density at radius 1 is 0.908 bits per heavy atom. The van der Waals surface area contributed by atoms with Crippen LogP contribution in [0.25, 0.3) is 0 Å². The average Bonchev–Trinajstić information content (AvgIpc) is 3.28. The number of amides is 1. The SMILES string of the molecule is CSCO[C@H]1C[C@H]2OC[C@@]2(OC(C)=O)[C@@H]([C@H](OC(=O)c2ccccc2)[C@]2(O)C[C@H](OC(=O)[C@H](O)[C@@H](NC(=O)c3ccccc3)c3ccccc3)C(C)=C(COC(C)=O)C2(C)C)[C@]1(C)C=O. The third kappa shape index (κ3) is 9.64. The first-order valence-corrected chi connectivity index (χ1v) is 22.7. The van der Waals surface area contributed by atoms with Gasteiger partial charge in [-0.05, 0) is 61.1 Å². The van der Waals surface area contributed by atoms with E-state index in [1.54, 1.807) is 107 Å². The number of rotatable bonds is 17. The predicted molar refractivity (Wildman–Crippen MR) is 237 cm³/mol. The molecule has 3 aliphatic rings. The van der Waals surface area contributed by atoms with Gasteiger partial charge in [-0.15, -0.1) is 11.8 Å². The van der Waals surface area contributed by atoms with Gasteiger partial charge in [-0.25, -0.2) is 9.59 Å². The number of nitrogens with one attached hydrogen (secondary N) is 1. The highest BCUT2D eigenvalue weighted by atomic mass is 32.2. The number of carbonyl (C=O) groups is 6. The lowest BCUT2D eigenvalue weighted by Crippen LogP contribution is -2.79. The molecule has 1 saturated heterocycles. The Labute approximate surface area is 382 Å². The summed E-state index contributed by atoms with van der Waals surface area (Å²) in [5, 5.41) is 28.5. The van der Waals surface area contributed by atoms with Crippen LogP contribution in [0.15, 0.2) is 102 Å². The normalized spacial score (nSPS) is 28.2. The molecule has 3 aromatic carbocycles. The first kappa shape index (κ1) is 49.1. The molecule has 0 radical (unpaired) electrons. The number of aliphatic hydroxyl groups excluding tert-OH is 1. The van der Waals surface area contributed by atoms with E-state index in [4.69, 9.17) is 28.4 Å². The molecular formula is C49H57NO14S. The Bertz CT molecular complexity index is 2260. The number of aliphatic hydroxyl groups is 2. The van der Waals surface area contributed by atoms with Gasteiger partial charge in [-0.2, -0.15) is 0 Å². The number of carbonyl (C=O) groups excluding carboxylic acids is 6. The Hall–Kier alpha value is -5.39. The van der Waals surface area contributed by atoms with Crippen LogP contribution in [0.5, 0.6) is 0 Å². The van der Waals surface area contributed by atoms with Gasteiger partial charge in [-0.3, -0.25) is 14.4 Å². The molecule has 65 heavy (non-hydrogen) atoms. The molecule has 348 valence electrons. The van der Waals surface area contributed by atoms with E-state index >= 15 is 0 Å². The maximum atomic E-state index is 14.5. The lowest BCUT2D eigenvalue weighted by atomic mass is 9.49. The van der Waals surface area contributed by atoms with Crippen molar-refractivity contribution in [2.45, 2.75) is 102 Å². The Balaban J connectivity index is 1.50. The van der Waals surface area contributed by atoms with Crippen LogP contribution < -0.4 is 5.32 Å². The van der Waals surface area contributed by atoms with Gasteiger partial charge in [0.15, 0.2) is 11.7 Å². The van der Waals surface area contributed by atoms with Gasteiger partial charge < -0.3 is 48.7 Å². The zero-order valence-electron chi connectivity index (χ0n) is 37.5. The average molecular weight is 916 g/mol. The van der Waals surface area contributed by atoms with E-state index in [1.165, 1.54) is 37.7 Å². The summed E-state index contributed by atoms with van der Waals surface area (Å²) in [5.74, 6) is -5.26. The van der Waals surface area contributed by atoms with Crippen molar-refractivity contribution in [3.05, 3.63) is 119 Å². The third-order valence-corrected chi connectivity index (χ3v) is 13.7. The van der Waals surface area contributed by atoms with Crippen molar-refractivity contribution in [2.75, 3.05) is 25.4 Å². The minimum Gasteiger partial charge on any atom is -0.461 e. The van der Waals surface area contributed by atoms with Gasteiger partial charge in [0, 0.05) is 37.7 Å². The zero-order valence-corrected chi connectivity index (χ0v) is 38.3. The quantitative estimate of drug-likeness (QED) is 0.0514. The third-order valence-electron chi connectivity index (χ3n) is 13.4. The fourth-order valence-electron chi connectivity index (χ4n) is 9.73. The molecule has 0 spiro atoms. The molecule has 1 aliphatic heterocycles. The van der Waals surface area contributed by atoms with Gasteiger partial charge >= 0.3 is 23.9 Å². The molecule has 0 unspecified atom stereocenters. The molecule has 0 aromatic heterocycles. The van der Waals surface area contributed by atoms with Gasteiger partial charge in [-0.1, -0.05) is 80.6 Å². The maximum Gasteiger partial charge on any atom is 0.338 e. The van der Waals surface area contributed by atoms with E-state index in [1.807, 2.05) is 6.26 Å². The topological polar surface area (TPSA) is 210 Å². The van der Waals surface area contributed by atoms with E-state index in [0.717, 1.165) is 0 Å². The van der Waals surface area contributed by atoms with Crippen LogP contribution in [-0.2, 0) is 47.6 Å². The summed E-state index contributed by atoms with van der Waals surface area (Å²) in [6.07, 6.45) is -4.89. The molecule has 3 N–H and O–H groups in total. The number of esters is 4. The summed E-state index contributed by atoms with van der Waals surface area (Å²) >= 11 is 1.36. The molecule has 15 nitrogen and oxygen atoms in total. The number of hydrogen-bond donors (Lipinski definition) is 3. The highest BCUT2D eigenvalue weighted by Gasteiger charge is 2.75. The number of ether oxygens (including phenoxy) is 6. The van der Waals surface area contributed by atoms with E-state index in [2.05, 4.69) is 5.32 Å². The lowest BCUT2D eigenvalue weighted by Gasteiger charge is -2.65. The van der Waals surface area contributed by atoms with Crippen LogP contribution in [-0.4, -0.2) is 113 Å². The van der Waals surface area contributed by atoms with Crippen molar-refractivity contribution >= 4 is 47.8 Å². The second-order valence-corrected chi connectivity index (χ2v) is 18.4. The molecule has 10 atom stereocenters. The van der Waals surface area contributed by atoms with E-state index in [9.17, 15) is 39.0 Å². The fraction of sp³-hybridized carbons (Fsp3) is 0.469. The molecule has 1 saturated carbocycles. The fourth-order valence-corrected chi connectivity index (χ4v) is 10.0. The largest absolute Gasteiger partial charge is 0.461 e. The monoisotopic (exact) mass is 915 g/mol. The smallest absolute Gasteiger partial charge is 0.338 e. The molecule has 1 heterocycles. The number of thioether (sulfide) groups is 1. The Morgan fingerprint density at radius 2 is 1.51 bits per heavy atom. The molecule has 16 heteroatoms. The molecule has 3 aromatic rings. The molecule has 2 aliphatic carbocycles. The molecule has 2 fully saturated rings. The van der Waals surface area contributed by atoms with Crippen LogP contribution in [0.1, 0.15) is 86.7 Å². The Kier molecular flexibility index (Phi) is 15.1. The second kappa shape index (κ2) is 20.0. The summed E-state index contributed by atoms with van der Waals surface area (Å²) in [6, 6.07) is 23.2. The number of fused-ring (bicyclic) bond motifs is 1. The minimum absolute atomic E-state index is 0.0962.